The van der Waals surface area contributed by atoms with E-state index in [1.165, 1.54) is 18.3 Å². The number of benzene rings is 1. The molecule has 1 aromatic heterocycles. The standard InChI is InChI=1S/C17H18FN3O2/c1-17(2,3)23-16(22)21-14-8-6-13(7-9-14)20-11-15-5-4-12(18)10-19-15/h4-11H,1-3H3,(H,21,22)/b20-11+. The number of amides is 1. The summed E-state index contributed by atoms with van der Waals surface area (Å²) in [5, 5.41) is 2.64. The van der Waals surface area contributed by atoms with Crippen molar-refractivity contribution in [2.45, 2.75) is 26.4 Å². The SMILES string of the molecule is CC(C)(C)OC(=O)Nc1ccc(/N=C/c2ccc(F)cn2)cc1. The van der Waals surface area contributed by atoms with Gasteiger partial charge < -0.3 is 4.74 Å². The summed E-state index contributed by atoms with van der Waals surface area (Å²) >= 11 is 0. The number of nitrogens with zero attached hydrogens (tertiary/aromatic N) is 2. The molecular formula is C17H18FN3O2. The highest BCUT2D eigenvalue weighted by Crippen LogP contribution is 2.17. The van der Waals surface area contributed by atoms with Crippen molar-refractivity contribution < 1.29 is 13.9 Å². The number of rotatable bonds is 3. The second kappa shape index (κ2) is 7.00. The van der Waals surface area contributed by atoms with Crippen molar-refractivity contribution in [3.63, 3.8) is 0 Å². The molecule has 0 spiro atoms. The largest absolute Gasteiger partial charge is 0.444 e. The molecule has 6 heteroatoms. The predicted molar refractivity (Wildman–Crippen MR) is 87.7 cm³/mol. The molecule has 1 aromatic carbocycles. The number of nitrogens with one attached hydrogen (secondary N) is 1. The lowest BCUT2D eigenvalue weighted by molar-refractivity contribution is 0.0636. The molecule has 0 saturated carbocycles. The van der Waals surface area contributed by atoms with E-state index in [1.807, 2.05) is 0 Å². The van der Waals surface area contributed by atoms with Gasteiger partial charge in [0.15, 0.2) is 0 Å². The maximum Gasteiger partial charge on any atom is 0.412 e. The van der Waals surface area contributed by atoms with Crippen LogP contribution in [0, 0.1) is 5.82 Å². The van der Waals surface area contributed by atoms with Gasteiger partial charge in [0.05, 0.1) is 23.8 Å². The maximum absolute atomic E-state index is 12.7. The zero-order valence-corrected chi connectivity index (χ0v) is 13.2. The van der Waals surface area contributed by atoms with E-state index in [9.17, 15) is 9.18 Å². The highest BCUT2D eigenvalue weighted by Gasteiger charge is 2.15. The number of hydrogen-bond donors (Lipinski definition) is 1. The van der Waals surface area contributed by atoms with E-state index in [-0.39, 0.29) is 5.82 Å². The Hall–Kier alpha value is -2.76. The lowest BCUT2D eigenvalue weighted by Gasteiger charge is -2.19. The number of anilines is 1. The number of hydrogen-bond acceptors (Lipinski definition) is 4. The number of pyridine rings is 1. The Labute approximate surface area is 134 Å². The van der Waals surface area contributed by atoms with Crippen molar-refractivity contribution >= 4 is 23.7 Å². The van der Waals surface area contributed by atoms with E-state index in [0.29, 0.717) is 17.1 Å². The van der Waals surface area contributed by atoms with Crippen LogP contribution in [0.25, 0.3) is 0 Å². The molecule has 23 heavy (non-hydrogen) atoms. The van der Waals surface area contributed by atoms with Crippen LogP contribution in [0.2, 0.25) is 0 Å². The van der Waals surface area contributed by atoms with Gasteiger partial charge in [-0.25, -0.2) is 9.18 Å². The fourth-order valence-corrected chi connectivity index (χ4v) is 1.66. The summed E-state index contributed by atoms with van der Waals surface area (Å²) in [4.78, 5) is 19.8. The summed E-state index contributed by atoms with van der Waals surface area (Å²) in [5.41, 5.74) is 1.31. The molecule has 0 radical (unpaired) electrons. The van der Waals surface area contributed by atoms with Crippen LogP contribution in [0.5, 0.6) is 0 Å². The van der Waals surface area contributed by atoms with Crippen LogP contribution in [-0.4, -0.2) is 22.9 Å². The van der Waals surface area contributed by atoms with Gasteiger partial charge in [-0.1, -0.05) is 0 Å². The van der Waals surface area contributed by atoms with Crippen molar-refractivity contribution in [1.29, 1.82) is 0 Å². The topological polar surface area (TPSA) is 63.6 Å². The molecule has 0 unspecified atom stereocenters. The van der Waals surface area contributed by atoms with Crippen LogP contribution in [0.3, 0.4) is 0 Å². The summed E-state index contributed by atoms with van der Waals surface area (Å²) in [6, 6.07) is 9.78. The van der Waals surface area contributed by atoms with Gasteiger partial charge in [0, 0.05) is 5.69 Å². The molecule has 0 aliphatic carbocycles. The molecule has 0 atom stereocenters. The van der Waals surface area contributed by atoms with Crippen molar-refractivity contribution in [2.75, 3.05) is 5.32 Å². The van der Waals surface area contributed by atoms with Crippen molar-refractivity contribution in [1.82, 2.24) is 4.98 Å². The molecule has 0 fully saturated rings. The van der Waals surface area contributed by atoms with E-state index < -0.39 is 11.7 Å². The summed E-state index contributed by atoms with van der Waals surface area (Å²) in [5.74, 6) is -0.389. The Morgan fingerprint density at radius 3 is 2.48 bits per heavy atom. The van der Waals surface area contributed by atoms with E-state index in [0.717, 1.165) is 6.20 Å². The Kier molecular flexibility index (Phi) is 5.05. The van der Waals surface area contributed by atoms with Gasteiger partial charge >= 0.3 is 6.09 Å². The number of aromatic nitrogens is 1. The first-order chi connectivity index (χ1) is 10.8. The molecule has 1 heterocycles. The molecule has 0 saturated heterocycles. The van der Waals surface area contributed by atoms with Gasteiger partial charge in [0.2, 0.25) is 0 Å². The third-order valence-corrected chi connectivity index (χ3v) is 2.61. The second-order valence-corrected chi connectivity index (χ2v) is 5.83. The van der Waals surface area contributed by atoms with E-state index in [1.54, 1.807) is 45.0 Å². The molecule has 2 aromatic rings. The van der Waals surface area contributed by atoms with Gasteiger partial charge in [-0.15, -0.1) is 0 Å². The second-order valence-electron chi connectivity index (χ2n) is 5.83. The number of aliphatic imine (C=N–C) groups is 1. The fraction of sp³-hybridized carbons (Fsp3) is 0.235. The van der Waals surface area contributed by atoms with Crippen LogP contribution in [0.4, 0.5) is 20.6 Å². The number of carbonyl (C=O) groups excluding carboxylic acids is 1. The lowest BCUT2D eigenvalue weighted by Crippen LogP contribution is -2.27. The number of ether oxygens (including phenoxy) is 1. The molecule has 120 valence electrons. The predicted octanol–water partition coefficient (Wildman–Crippen LogP) is 4.32. The van der Waals surface area contributed by atoms with Crippen LogP contribution in [0.15, 0.2) is 47.6 Å². The minimum atomic E-state index is -0.545. The minimum absolute atomic E-state index is 0.389. The highest BCUT2D eigenvalue weighted by molar-refractivity contribution is 5.85. The highest BCUT2D eigenvalue weighted by atomic mass is 19.1. The third kappa shape index (κ3) is 5.86. The first-order valence-corrected chi connectivity index (χ1v) is 7.07. The third-order valence-electron chi connectivity index (χ3n) is 2.61. The molecule has 1 amide bonds. The van der Waals surface area contributed by atoms with E-state index in [4.69, 9.17) is 4.74 Å². The lowest BCUT2D eigenvalue weighted by atomic mass is 10.2. The van der Waals surface area contributed by atoms with E-state index >= 15 is 0 Å². The summed E-state index contributed by atoms with van der Waals surface area (Å²) < 4.78 is 17.9. The Morgan fingerprint density at radius 1 is 1.22 bits per heavy atom. The zero-order chi connectivity index (χ0) is 16.9. The molecule has 0 aliphatic heterocycles. The Bertz CT molecular complexity index is 689. The quantitative estimate of drug-likeness (QED) is 0.858. The Balaban J connectivity index is 1.96. The average molecular weight is 315 g/mol. The van der Waals surface area contributed by atoms with E-state index in [2.05, 4.69) is 15.3 Å². The molecule has 2 rings (SSSR count). The average Bonchev–Trinajstić information content (AvgIpc) is 2.46. The van der Waals surface area contributed by atoms with Gasteiger partial charge in [0.1, 0.15) is 11.4 Å². The molecular weight excluding hydrogens is 297 g/mol. The van der Waals surface area contributed by atoms with Crippen molar-refractivity contribution in [2.24, 2.45) is 4.99 Å². The zero-order valence-electron chi connectivity index (χ0n) is 13.2. The molecule has 0 aliphatic rings. The van der Waals surface area contributed by atoms with Gasteiger partial charge in [-0.2, -0.15) is 0 Å². The van der Waals surface area contributed by atoms with Crippen LogP contribution in [-0.2, 0) is 4.74 Å². The Morgan fingerprint density at radius 2 is 1.91 bits per heavy atom. The van der Waals surface area contributed by atoms with Gasteiger partial charge in [-0.05, 0) is 57.2 Å². The first kappa shape index (κ1) is 16.6. The van der Waals surface area contributed by atoms with Crippen LogP contribution in [0.1, 0.15) is 26.5 Å². The minimum Gasteiger partial charge on any atom is -0.444 e. The fourth-order valence-electron chi connectivity index (χ4n) is 1.66. The monoisotopic (exact) mass is 315 g/mol. The molecule has 1 N–H and O–H groups in total. The van der Waals surface area contributed by atoms with Crippen molar-refractivity contribution in [3.05, 3.63) is 54.1 Å². The molecule has 0 bridgehead atoms. The maximum atomic E-state index is 12.7. The van der Waals surface area contributed by atoms with Crippen LogP contribution >= 0.6 is 0 Å². The normalized spacial score (nSPS) is 11.5. The number of carbonyl (C=O) groups is 1. The number of halogens is 1. The van der Waals surface area contributed by atoms with Crippen LogP contribution < -0.4 is 5.32 Å². The van der Waals surface area contributed by atoms with Gasteiger partial charge in [-0.3, -0.25) is 15.3 Å². The smallest absolute Gasteiger partial charge is 0.412 e. The van der Waals surface area contributed by atoms with Crippen molar-refractivity contribution in [3.8, 4) is 0 Å². The first-order valence-electron chi connectivity index (χ1n) is 7.07. The summed E-state index contributed by atoms with van der Waals surface area (Å²) in [6.45, 7) is 5.40. The van der Waals surface area contributed by atoms with Gasteiger partial charge in [0.25, 0.3) is 0 Å². The summed E-state index contributed by atoms with van der Waals surface area (Å²) in [6.07, 6.45) is 2.16. The molecule has 5 nitrogen and oxygen atoms in total. The summed E-state index contributed by atoms with van der Waals surface area (Å²) in [7, 11) is 0.